The quantitative estimate of drug-likeness (QED) is 0.851. The van der Waals surface area contributed by atoms with Gasteiger partial charge >= 0.3 is 0 Å². The van der Waals surface area contributed by atoms with E-state index in [1.807, 2.05) is 0 Å². The van der Waals surface area contributed by atoms with Gasteiger partial charge in [-0.3, -0.25) is 9.59 Å². The number of halogens is 2. The molecule has 108 valence electrons. The summed E-state index contributed by atoms with van der Waals surface area (Å²) >= 11 is 11.8. The number of para-hydroxylation sites is 1. The van der Waals surface area contributed by atoms with E-state index in [1.54, 1.807) is 42.5 Å². The molecule has 2 rings (SSSR count). The molecule has 1 amide bonds. The molecule has 6 heteroatoms. The largest absolute Gasteiger partial charge is 0.483 e. The lowest BCUT2D eigenvalue weighted by Crippen LogP contribution is -2.20. The molecule has 1 N–H and O–H groups in total. The molecular weight excluding hydrogens is 313 g/mol. The molecule has 0 spiro atoms. The van der Waals surface area contributed by atoms with Crippen LogP contribution < -0.4 is 10.1 Å². The summed E-state index contributed by atoms with van der Waals surface area (Å²) in [4.78, 5) is 22.8. The number of benzene rings is 2. The highest BCUT2D eigenvalue weighted by molar-refractivity contribution is 6.34. The number of carbonyl (C=O) groups is 2. The Balaban J connectivity index is 2.01. The predicted octanol–water partition coefficient (Wildman–Crippen LogP) is 3.82. The maximum atomic E-state index is 11.8. The molecule has 0 aliphatic carbocycles. The van der Waals surface area contributed by atoms with Gasteiger partial charge in [-0.05, 0) is 24.3 Å². The standard InChI is InChI=1S/C15H11Cl2NO3/c16-11-5-3-7-14(10(11)8-19)21-9-15(20)18-13-6-2-1-4-12(13)17/h1-8H,9H2,(H,18,20). The van der Waals surface area contributed by atoms with Gasteiger partial charge in [-0.2, -0.15) is 0 Å². The van der Waals surface area contributed by atoms with E-state index in [1.165, 1.54) is 0 Å². The van der Waals surface area contributed by atoms with Crippen molar-refractivity contribution in [3.05, 3.63) is 58.1 Å². The normalized spacial score (nSPS) is 10.0. The highest BCUT2D eigenvalue weighted by atomic mass is 35.5. The molecule has 0 radical (unpaired) electrons. The van der Waals surface area contributed by atoms with Gasteiger partial charge in [0.2, 0.25) is 0 Å². The third kappa shape index (κ3) is 3.97. The van der Waals surface area contributed by atoms with Crippen molar-refractivity contribution in [2.45, 2.75) is 0 Å². The molecule has 0 atom stereocenters. The summed E-state index contributed by atoms with van der Waals surface area (Å²) in [5, 5.41) is 3.32. The summed E-state index contributed by atoms with van der Waals surface area (Å²) in [6.45, 7) is -0.258. The summed E-state index contributed by atoms with van der Waals surface area (Å²) < 4.78 is 5.31. The van der Waals surface area contributed by atoms with E-state index in [-0.39, 0.29) is 28.8 Å². The average molecular weight is 324 g/mol. The molecule has 0 saturated heterocycles. The minimum absolute atomic E-state index is 0.213. The number of hydrogen-bond acceptors (Lipinski definition) is 3. The van der Waals surface area contributed by atoms with Gasteiger partial charge in [0.15, 0.2) is 12.9 Å². The molecule has 0 bridgehead atoms. The molecule has 0 fully saturated rings. The van der Waals surface area contributed by atoms with Crippen molar-refractivity contribution in [3.8, 4) is 5.75 Å². The molecule has 0 saturated carbocycles. The Bertz CT molecular complexity index is 674. The summed E-state index contributed by atoms with van der Waals surface area (Å²) in [6.07, 6.45) is 0.587. The lowest BCUT2D eigenvalue weighted by atomic mass is 10.2. The van der Waals surface area contributed by atoms with Gasteiger partial charge < -0.3 is 10.1 Å². The van der Waals surface area contributed by atoms with Crippen molar-refractivity contribution in [2.75, 3.05) is 11.9 Å². The number of rotatable bonds is 5. The lowest BCUT2D eigenvalue weighted by Gasteiger charge is -2.10. The number of hydrogen-bond donors (Lipinski definition) is 1. The van der Waals surface area contributed by atoms with Crippen molar-refractivity contribution >= 4 is 41.1 Å². The predicted molar refractivity (Wildman–Crippen MR) is 82.4 cm³/mol. The zero-order valence-corrected chi connectivity index (χ0v) is 12.3. The first-order chi connectivity index (χ1) is 10.1. The Kier molecular flexibility index (Phi) is 5.20. The van der Waals surface area contributed by atoms with Gasteiger partial charge in [0.1, 0.15) is 5.75 Å². The Morgan fingerprint density at radius 3 is 2.52 bits per heavy atom. The Morgan fingerprint density at radius 2 is 1.81 bits per heavy atom. The van der Waals surface area contributed by atoms with Crippen LogP contribution in [0.2, 0.25) is 10.0 Å². The van der Waals surface area contributed by atoms with E-state index in [9.17, 15) is 9.59 Å². The van der Waals surface area contributed by atoms with Crippen molar-refractivity contribution in [2.24, 2.45) is 0 Å². The fourth-order valence-electron chi connectivity index (χ4n) is 1.65. The third-order valence-electron chi connectivity index (χ3n) is 2.64. The Morgan fingerprint density at radius 1 is 1.10 bits per heavy atom. The molecule has 0 aliphatic rings. The zero-order chi connectivity index (χ0) is 15.2. The molecule has 0 aromatic heterocycles. The fraction of sp³-hybridized carbons (Fsp3) is 0.0667. The maximum absolute atomic E-state index is 11.8. The fourth-order valence-corrected chi connectivity index (χ4v) is 2.04. The molecule has 2 aromatic rings. The Hall–Kier alpha value is -2.04. The van der Waals surface area contributed by atoms with Crippen molar-refractivity contribution in [1.82, 2.24) is 0 Å². The molecular formula is C15H11Cl2NO3. The highest BCUT2D eigenvalue weighted by Crippen LogP contribution is 2.24. The minimum atomic E-state index is -0.389. The molecule has 2 aromatic carbocycles. The molecule has 4 nitrogen and oxygen atoms in total. The van der Waals surface area contributed by atoms with Crippen molar-refractivity contribution in [1.29, 1.82) is 0 Å². The van der Waals surface area contributed by atoms with Crippen LogP contribution >= 0.6 is 23.2 Å². The van der Waals surface area contributed by atoms with Crippen LogP contribution in [0.3, 0.4) is 0 Å². The van der Waals surface area contributed by atoms with Crippen molar-refractivity contribution in [3.63, 3.8) is 0 Å². The SMILES string of the molecule is O=Cc1c(Cl)cccc1OCC(=O)Nc1ccccc1Cl. The van der Waals surface area contributed by atoms with Crippen LogP contribution in [-0.2, 0) is 4.79 Å². The van der Waals surface area contributed by atoms with Crippen LogP contribution in [-0.4, -0.2) is 18.8 Å². The first-order valence-electron chi connectivity index (χ1n) is 6.02. The highest BCUT2D eigenvalue weighted by Gasteiger charge is 2.10. The van der Waals surface area contributed by atoms with Crippen LogP contribution in [0.15, 0.2) is 42.5 Å². The van der Waals surface area contributed by atoms with Crippen LogP contribution in [0.25, 0.3) is 0 Å². The number of amides is 1. The summed E-state index contributed by atoms with van der Waals surface area (Å²) in [5.41, 5.74) is 0.708. The van der Waals surface area contributed by atoms with Gasteiger partial charge in [-0.25, -0.2) is 0 Å². The number of ether oxygens (including phenoxy) is 1. The molecule has 0 unspecified atom stereocenters. The van der Waals surface area contributed by atoms with E-state index in [4.69, 9.17) is 27.9 Å². The van der Waals surface area contributed by atoms with Gasteiger partial charge in [0.05, 0.1) is 21.3 Å². The molecule has 21 heavy (non-hydrogen) atoms. The monoisotopic (exact) mass is 323 g/mol. The van der Waals surface area contributed by atoms with E-state index in [0.717, 1.165) is 0 Å². The van der Waals surface area contributed by atoms with E-state index in [0.29, 0.717) is 17.0 Å². The third-order valence-corrected chi connectivity index (χ3v) is 3.30. The van der Waals surface area contributed by atoms with Gasteiger partial charge in [-0.1, -0.05) is 41.4 Å². The van der Waals surface area contributed by atoms with Gasteiger partial charge in [0.25, 0.3) is 5.91 Å². The minimum Gasteiger partial charge on any atom is -0.483 e. The zero-order valence-electron chi connectivity index (χ0n) is 10.8. The molecule has 0 heterocycles. The van der Waals surface area contributed by atoms with E-state index < -0.39 is 0 Å². The second-order valence-electron chi connectivity index (χ2n) is 4.09. The number of nitrogens with one attached hydrogen (secondary N) is 1. The van der Waals surface area contributed by atoms with E-state index >= 15 is 0 Å². The number of aldehydes is 1. The smallest absolute Gasteiger partial charge is 0.262 e. The molecule has 0 aliphatic heterocycles. The van der Waals surface area contributed by atoms with Gasteiger partial charge in [-0.15, -0.1) is 0 Å². The average Bonchev–Trinajstić information content (AvgIpc) is 2.47. The summed E-state index contributed by atoms with van der Waals surface area (Å²) in [6, 6.07) is 11.6. The van der Waals surface area contributed by atoms with Crippen LogP contribution in [0.4, 0.5) is 5.69 Å². The maximum Gasteiger partial charge on any atom is 0.262 e. The Labute approximate surface area is 131 Å². The summed E-state index contributed by atoms with van der Waals surface area (Å²) in [5.74, 6) is -0.133. The van der Waals surface area contributed by atoms with Crippen LogP contribution in [0.1, 0.15) is 10.4 Å². The first-order valence-corrected chi connectivity index (χ1v) is 6.78. The van der Waals surface area contributed by atoms with Crippen molar-refractivity contribution < 1.29 is 14.3 Å². The second kappa shape index (κ2) is 7.11. The van der Waals surface area contributed by atoms with Gasteiger partial charge in [0, 0.05) is 0 Å². The van der Waals surface area contributed by atoms with Crippen LogP contribution in [0.5, 0.6) is 5.75 Å². The first kappa shape index (κ1) is 15.4. The lowest BCUT2D eigenvalue weighted by molar-refractivity contribution is -0.118. The number of carbonyl (C=O) groups excluding carboxylic acids is 2. The number of anilines is 1. The second-order valence-corrected chi connectivity index (χ2v) is 4.90. The van der Waals surface area contributed by atoms with Crippen LogP contribution in [0, 0.1) is 0 Å². The van der Waals surface area contributed by atoms with E-state index in [2.05, 4.69) is 5.32 Å². The topological polar surface area (TPSA) is 55.4 Å². The summed E-state index contributed by atoms with van der Waals surface area (Å²) in [7, 11) is 0.